The molecule has 1 unspecified atom stereocenters. The highest BCUT2D eigenvalue weighted by Crippen LogP contribution is 2.41. The van der Waals surface area contributed by atoms with Gasteiger partial charge in [0.15, 0.2) is 11.5 Å². The molecule has 1 heterocycles. The van der Waals surface area contributed by atoms with Crippen LogP contribution in [0.2, 0.25) is 0 Å². The molecule has 112 valence electrons. The highest BCUT2D eigenvalue weighted by molar-refractivity contribution is 5.50. The van der Waals surface area contributed by atoms with Gasteiger partial charge in [-0.3, -0.25) is 0 Å². The van der Waals surface area contributed by atoms with E-state index in [1.54, 1.807) is 34.1 Å². The lowest BCUT2D eigenvalue weighted by Gasteiger charge is -2.29. The van der Waals surface area contributed by atoms with Crippen molar-refractivity contribution < 1.29 is 13.9 Å². The van der Waals surface area contributed by atoms with Crippen LogP contribution in [0.25, 0.3) is 0 Å². The van der Waals surface area contributed by atoms with Crippen LogP contribution < -0.4 is 14.8 Å². The molecule has 20 heavy (non-hydrogen) atoms. The number of methoxy groups -OCH3 is 2. The van der Waals surface area contributed by atoms with Gasteiger partial charge in [-0.25, -0.2) is 4.39 Å². The topological polar surface area (TPSA) is 30.5 Å². The molecule has 1 N–H and O–H groups in total. The van der Waals surface area contributed by atoms with E-state index in [0.29, 0.717) is 23.0 Å². The number of nitrogens with one attached hydrogen (secondary N) is 1. The first-order chi connectivity index (χ1) is 9.47. The lowest BCUT2D eigenvalue weighted by atomic mass is 9.83. The van der Waals surface area contributed by atoms with Crippen LogP contribution in [-0.4, -0.2) is 27.3 Å². The largest absolute Gasteiger partial charge is 0.493 e. The first kappa shape index (κ1) is 15.1. The van der Waals surface area contributed by atoms with Gasteiger partial charge < -0.3 is 14.8 Å². The van der Waals surface area contributed by atoms with Crippen molar-refractivity contribution in [3.8, 4) is 11.5 Å². The van der Waals surface area contributed by atoms with Crippen LogP contribution >= 0.6 is 0 Å². The summed E-state index contributed by atoms with van der Waals surface area (Å²) in [7, 11) is 3.19. The summed E-state index contributed by atoms with van der Waals surface area (Å²) in [4.78, 5) is 0. The van der Waals surface area contributed by atoms with Gasteiger partial charge in [0, 0.05) is 6.54 Å². The molecule has 1 aliphatic heterocycles. The summed E-state index contributed by atoms with van der Waals surface area (Å²) >= 11 is 0. The number of alkyl halides is 1. The van der Waals surface area contributed by atoms with Crippen LogP contribution in [0.3, 0.4) is 0 Å². The molecule has 0 aliphatic carbocycles. The molecular weight excluding hydrogens is 257 g/mol. The maximum Gasteiger partial charge on any atom is 0.161 e. The summed E-state index contributed by atoms with van der Waals surface area (Å²) in [6, 6.07) is 3.72. The van der Waals surface area contributed by atoms with E-state index in [1.807, 2.05) is 6.07 Å². The molecule has 0 aromatic heterocycles. The molecule has 0 radical (unpaired) electrons. The zero-order valence-corrected chi connectivity index (χ0v) is 12.8. The van der Waals surface area contributed by atoms with Crippen molar-refractivity contribution in [2.24, 2.45) is 0 Å². The zero-order chi connectivity index (χ0) is 14.8. The normalized spacial score (nSPS) is 19.8. The molecule has 1 saturated heterocycles. The Hall–Kier alpha value is -1.29. The average Bonchev–Trinajstić information content (AvgIpc) is 2.45. The van der Waals surface area contributed by atoms with Crippen LogP contribution in [-0.2, 0) is 5.67 Å². The molecule has 1 aromatic rings. The molecule has 1 atom stereocenters. The standard InChI is InChI=1S/C16H24FNO2/c1-16(2,17)13-9-15(20-4)14(19-3)8-12(13)11-6-5-7-18-10-11/h8-9,11,18H,5-7,10H2,1-4H3. The van der Waals surface area contributed by atoms with E-state index < -0.39 is 5.67 Å². The molecule has 1 aromatic carbocycles. The van der Waals surface area contributed by atoms with Crippen LogP contribution in [0.4, 0.5) is 4.39 Å². The fourth-order valence-electron chi connectivity index (χ4n) is 2.86. The summed E-state index contributed by atoms with van der Waals surface area (Å²) in [6.07, 6.45) is 2.19. The van der Waals surface area contributed by atoms with Gasteiger partial charge in [0.05, 0.1) is 14.2 Å². The maximum atomic E-state index is 14.6. The maximum absolute atomic E-state index is 14.6. The molecule has 4 heteroatoms. The second kappa shape index (κ2) is 6.00. The number of ether oxygens (including phenoxy) is 2. The molecule has 1 fully saturated rings. The number of benzene rings is 1. The van der Waals surface area contributed by atoms with Gasteiger partial charge in [0.2, 0.25) is 0 Å². The van der Waals surface area contributed by atoms with Crippen molar-refractivity contribution in [1.82, 2.24) is 5.32 Å². The lowest BCUT2D eigenvalue weighted by molar-refractivity contribution is 0.216. The van der Waals surface area contributed by atoms with Crippen molar-refractivity contribution in [3.63, 3.8) is 0 Å². The Kier molecular flexibility index (Phi) is 4.53. The van der Waals surface area contributed by atoms with Crippen molar-refractivity contribution in [1.29, 1.82) is 0 Å². The van der Waals surface area contributed by atoms with Crippen LogP contribution in [0.1, 0.15) is 43.7 Å². The SMILES string of the molecule is COc1cc(C2CCCNC2)c(C(C)(C)F)cc1OC. The van der Waals surface area contributed by atoms with Gasteiger partial charge in [-0.15, -0.1) is 0 Å². The third kappa shape index (κ3) is 3.06. The number of piperidine rings is 1. The van der Waals surface area contributed by atoms with Crippen molar-refractivity contribution in [2.45, 2.75) is 38.3 Å². The van der Waals surface area contributed by atoms with E-state index in [-0.39, 0.29) is 0 Å². The highest BCUT2D eigenvalue weighted by Gasteiger charge is 2.29. The van der Waals surface area contributed by atoms with Gasteiger partial charge in [-0.1, -0.05) is 0 Å². The number of rotatable bonds is 4. The smallest absolute Gasteiger partial charge is 0.161 e. The Morgan fingerprint density at radius 1 is 1.20 bits per heavy atom. The molecule has 2 rings (SSSR count). The van der Waals surface area contributed by atoms with E-state index >= 15 is 0 Å². The summed E-state index contributed by atoms with van der Waals surface area (Å²) < 4.78 is 25.2. The van der Waals surface area contributed by atoms with E-state index in [4.69, 9.17) is 9.47 Å². The van der Waals surface area contributed by atoms with E-state index in [2.05, 4.69) is 5.32 Å². The van der Waals surface area contributed by atoms with Crippen LogP contribution in [0.5, 0.6) is 11.5 Å². The minimum absolute atomic E-state index is 0.327. The van der Waals surface area contributed by atoms with E-state index in [9.17, 15) is 4.39 Å². The molecule has 1 aliphatic rings. The van der Waals surface area contributed by atoms with Crippen LogP contribution in [0.15, 0.2) is 12.1 Å². The summed E-state index contributed by atoms with van der Waals surface area (Å²) in [5.41, 5.74) is 0.331. The zero-order valence-electron chi connectivity index (χ0n) is 12.8. The first-order valence-electron chi connectivity index (χ1n) is 7.13. The lowest BCUT2D eigenvalue weighted by Crippen LogP contribution is -2.30. The minimum Gasteiger partial charge on any atom is -0.493 e. The molecule has 3 nitrogen and oxygen atoms in total. The Labute approximate surface area is 120 Å². The summed E-state index contributed by atoms with van der Waals surface area (Å²) in [5, 5.41) is 3.38. The second-order valence-corrected chi connectivity index (χ2v) is 5.81. The third-order valence-corrected chi connectivity index (χ3v) is 3.93. The minimum atomic E-state index is -1.40. The molecule has 0 bridgehead atoms. The predicted molar refractivity (Wildman–Crippen MR) is 78.5 cm³/mol. The monoisotopic (exact) mass is 281 g/mol. The Morgan fingerprint density at radius 2 is 1.85 bits per heavy atom. The first-order valence-corrected chi connectivity index (χ1v) is 7.13. The average molecular weight is 281 g/mol. The molecular formula is C16H24FNO2. The third-order valence-electron chi connectivity index (χ3n) is 3.93. The quantitative estimate of drug-likeness (QED) is 0.918. The predicted octanol–water partition coefficient (Wildman–Crippen LogP) is 3.38. The highest BCUT2D eigenvalue weighted by atomic mass is 19.1. The van der Waals surface area contributed by atoms with Gasteiger partial charge in [0.1, 0.15) is 5.67 Å². The second-order valence-electron chi connectivity index (χ2n) is 5.81. The summed E-state index contributed by atoms with van der Waals surface area (Å²) in [5.74, 6) is 1.58. The van der Waals surface area contributed by atoms with E-state index in [0.717, 1.165) is 31.5 Å². The molecule has 0 amide bonds. The van der Waals surface area contributed by atoms with E-state index in [1.165, 1.54) is 0 Å². The molecule has 0 spiro atoms. The number of hydrogen-bond acceptors (Lipinski definition) is 3. The van der Waals surface area contributed by atoms with Gasteiger partial charge in [-0.05, 0) is 62.4 Å². The van der Waals surface area contributed by atoms with Crippen molar-refractivity contribution in [3.05, 3.63) is 23.3 Å². The summed E-state index contributed by atoms with van der Waals surface area (Å²) in [6.45, 7) is 5.11. The van der Waals surface area contributed by atoms with Crippen molar-refractivity contribution >= 4 is 0 Å². The Balaban J connectivity index is 2.51. The van der Waals surface area contributed by atoms with Gasteiger partial charge >= 0.3 is 0 Å². The van der Waals surface area contributed by atoms with Crippen LogP contribution in [0, 0.1) is 0 Å². The van der Waals surface area contributed by atoms with Gasteiger partial charge in [0.25, 0.3) is 0 Å². The Morgan fingerprint density at radius 3 is 2.35 bits per heavy atom. The molecule has 0 saturated carbocycles. The van der Waals surface area contributed by atoms with Crippen molar-refractivity contribution in [2.75, 3.05) is 27.3 Å². The number of hydrogen-bond donors (Lipinski definition) is 1. The fourth-order valence-corrected chi connectivity index (χ4v) is 2.86. The van der Waals surface area contributed by atoms with Gasteiger partial charge in [-0.2, -0.15) is 0 Å². The number of halogens is 1. The fraction of sp³-hybridized carbons (Fsp3) is 0.625. The Bertz CT molecular complexity index is 462.